The fraction of sp³-hybridized carbons (Fsp3) is 0.188. The molecule has 0 heterocycles. The molecule has 0 aliphatic rings. The van der Waals surface area contributed by atoms with Crippen molar-refractivity contribution in [2.75, 3.05) is 19.5 Å². The Labute approximate surface area is 118 Å². The van der Waals surface area contributed by atoms with Gasteiger partial charge in [-0.25, -0.2) is 0 Å². The van der Waals surface area contributed by atoms with Gasteiger partial charge in [-0.2, -0.15) is 5.26 Å². The van der Waals surface area contributed by atoms with Crippen molar-refractivity contribution in [2.24, 2.45) is 0 Å². The molecule has 2 aromatic rings. The fourth-order valence-electron chi connectivity index (χ4n) is 1.89. The Morgan fingerprint density at radius 2 is 1.60 bits per heavy atom. The SMILES string of the molecule is COc1cc(OC)cc(C(C#N)Nc2ccccc2)c1. The Balaban J connectivity index is 2.30. The lowest BCUT2D eigenvalue weighted by Gasteiger charge is -2.15. The summed E-state index contributed by atoms with van der Waals surface area (Å²) in [6, 6.07) is 16.8. The first-order valence-electron chi connectivity index (χ1n) is 6.21. The van der Waals surface area contributed by atoms with E-state index in [1.165, 1.54) is 0 Å². The topological polar surface area (TPSA) is 54.3 Å². The molecule has 4 nitrogen and oxygen atoms in total. The summed E-state index contributed by atoms with van der Waals surface area (Å²) in [7, 11) is 3.18. The van der Waals surface area contributed by atoms with E-state index in [4.69, 9.17) is 9.47 Å². The number of methoxy groups -OCH3 is 2. The minimum Gasteiger partial charge on any atom is -0.497 e. The number of rotatable bonds is 5. The molecule has 1 atom stereocenters. The zero-order chi connectivity index (χ0) is 14.4. The molecule has 2 aromatic carbocycles. The van der Waals surface area contributed by atoms with E-state index in [-0.39, 0.29) is 0 Å². The third-order valence-corrected chi connectivity index (χ3v) is 2.92. The average molecular weight is 268 g/mol. The number of anilines is 1. The van der Waals surface area contributed by atoms with Gasteiger partial charge in [0.2, 0.25) is 0 Å². The largest absolute Gasteiger partial charge is 0.497 e. The first kappa shape index (κ1) is 13.8. The molecule has 20 heavy (non-hydrogen) atoms. The molecule has 1 unspecified atom stereocenters. The van der Waals surface area contributed by atoms with Crippen LogP contribution >= 0.6 is 0 Å². The van der Waals surface area contributed by atoms with Gasteiger partial charge in [0.05, 0.1) is 20.3 Å². The van der Waals surface area contributed by atoms with Crippen LogP contribution in [0, 0.1) is 11.3 Å². The number of hydrogen-bond donors (Lipinski definition) is 1. The molecule has 0 saturated heterocycles. The third-order valence-electron chi connectivity index (χ3n) is 2.92. The zero-order valence-corrected chi connectivity index (χ0v) is 11.5. The van der Waals surface area contributed by atoms with Gasteiger partial charge in [0.15, 0.2) is 0 Å². The minimum absolute atomic E-state index is 0.471. The van der Waals surface area contributed by atoms with Crippen molar-refractivity contribution in [1.29, 1.82) is 5.26 Å². The van der Waals surface area contributed by atoms with E-state index in [9.17, 15) is 5.26 Å². The Bertz CT molecular complexity index is 583. The maximum absolute atomic E-state index is 9.37. The van der Waals surface area contributed by atoms with Gasteiger partial charge in [0.25, 0.3) is 0 Å². The van der Waals surface area contributed by atoms with Gasteiger partial charge in [0, 0.05) is 11.8 Å². The van der Waals surface area contributed by atoms with Crippen LogP contribution in [0.1, 0.15) is 11.6 Å². The van der Waals surface area contributed by atoms with E-state index >= 15 is 0 Å². The van der Waals surface area contributed by atoms with Gasteiger partial charge in [-0.05, 0) is 29.8 Å². The first-order chi connectivity index (χ1) is 9.76. The van der Waals surface area contributed by atoms with Gasteiger partial charge in [-0.3, -0.25) is 0 Å². The number of benzene rings is 2. The molecule has 0 radical (unpaired) electrons. The van der Waals surface area contributed by atoms with Crippen LogP contribution in [0.5, 0.6) is 11.5 Å². The molecule has 0 aliphatic carbocycles. The van der Waals surface area contributed by atoms with E-state index < -0.39 is 6.04 Å². The smallest absolute Gasteiger partial charge is 0.140 e. The number of hydrogen-bond acceptors (Lipinski definition) is 4. The summed E-state index contributed by atoms with van der Waals surface area (Å²) in [4.78, 5) is 0. The van der Waals surface area contributed by atoms with Crippen LogP contribution in [0.25, 0.3) is 0 Å². The molecule has 102 valence electrons. The second-order valence-corrected chi connectivity index (χ2v) is 4.22. The maximum Gasteiger partial charge on any atom is 0.140 e. The number of para-hydroxylation sites is 1. The first-order valence-corrected chi connectivity index (χ1v) is 6.21. The second kappa shape index (κ2) is 6.48. The third kappa shape index (κ3) is 3.21. The summed E-state index contributed by atoms with van der Waals surface area (Å²) < 4.78 is 10.5. The number of nitriles is 1. The summed E-state index contributed by atoms with van der Waals surface area (Å²) in [5, 5.41) is 12.5. The van der Waals surface area contributed by atoms with Gasteiger partial charge in [0.1, 0.15) is 17.5 Å². The molecule has 0 amide bonds. The van der Waals surface area contributed by atoms with Crippen molar-refractivity contribution in [2.45, 2.75) is 6.04 Å². The van der Waals surface area contributed by atoms with Gasteiger partial charge in [-0.1, -0.05) is 18.2 Å². The van der Waals surface area contributed by atoms with E-state index in [0.717, 1.165) is 11.3 Å². The van der Waals surface area contributed by atoms with Crippen molar-refractivity contribution in [1.82, 2.24) is 0 Å². The van der Waals surface area contributed by atoms with Crippen molar-refractivity contribution < 1.29 is 9.47 Å². The molecule has 0 spiro atoms. The maximum atomic E-state index is 9.37. The number of ether oxygens (including phenoxy) is 2. The normalized spacial score (nSPS) is 11.2. The van der Waals surface area contributed by atoms with Crippen molar-refractivity contribution in [3.63, 3.8) is 0 Å². The van der Waals surface area contributed by atoms with E-state index in [2.05, 4.69) is 11.4 Å². The minimum atomic E-state index is -0.471. The van der Waals surface area contributed by atoms with Crippen LogP contribution < -0.4 is 14.8 Å². The molecule has 0 aliphatic heterocycles. The quantitative estimate of drug-likeness (QED) is 0.903. The summed E-state index contributed by atoms with van der Waals surface area (Å²) in [6.07, 6.45) is 0. The lowest BCUT2D eigenvalue weighted by atomic mass is 10.1. The van der Waals surface area contributed by atoms with Gasteiger partial charge >= 0.3 is 0 Å². The molecular formula is C16H16N2O2. The van der Waals surface area contributed by atoms with E-state index in [0.29, 0.717) is 11.5 Å². The highest BCUT2D eigenvalue weighted by Crippen LogP contribution is 2.28. The summed E-state index contributed by atoms with van der Waals surface area (Å²) in [5.74, 6) is 1.32. The molecule has 0 bridgehead atoms. The predicted molar refractivity (Wildman–Crippen MR) is 78.0 cm³/mol. The van der Waals surface area contributed by atoms with Crippen LogP contribution in [0.4, 0.5) is 5.69 Å². The van der Waals surface area contributed by atoms with Gasteiger partial charge < -0.3 is 14.8 Å². The predicted octanol–water partition coefficient (Wildman–Crippen LogP) is 3.38. The van der Waals surface area contributed by atoms with Crippen LogP contribution in [0.2, 0.25) is 0 Å². The van der Waals surface area contributed by atoms with Crippen LogP contribution in [-0.4, -0.2) is 14.2 Å². The Morgan fingerprint density at radius 3 is 2.10 bits per heavy atom. The highest BCUT2D eigenvalue weighted by molar-refractivity contribution is 5.49. The summed E-state index contributed by atoms with van der Waals surface area (Å²) in [5.41, 5.74) is 1.69. The lowest BCUT2D eigenvalue weighted by molar-refractivity contribution is 0.393. The second-order valence-electron chi connectivity index (χ2n) is 4.22. The van der Waals surface area contributed by atoms with Crippen LogP contribution in [-0.2, 0) is 0 Å². The average Bonchev–Trinajstić information content (AvgIpc) is 2.53. The molecule has 2 rings (SSSR count). The molecule has 0 fully saturated rings. The van der Waals surface area contributed by atoms with Gasteiger partial charge in [-0.15, -0.1) is 0 Å². The molecular weight excluding hydrogens is 252 g/mol. The van der Waals surface area contributed by atoms with E-state index in [1.54, 1.807) is 20.3 Å². The highest BCUT2D eigenvalue weighted by atomic mass is 16.5. The molecule has 4 heteroatoms. The summed E-state index contributed by atoms with van der Waals surface area (Å²) >= 11 is 0. The number of nitrogens with zero attached hydrogens (tertiary/aromatic N) is 1. The van der Waals surface area contributed by atoms with Crippen LogP contribution in [0.3, 0.4) is 0 Å². The molecule has 0 aromatic heterocycles. The standard InChI is InChI=1S/C16H16N2O2/c1-19-14-8-12(9-15(10-14)20-2)16(11-17)18-13-6-4-3-5-7-13/h3-10,16,18H,1-2H3. The van der Waals surface area contributed by atoms with Crippen molar-refractivity contribution in [3.8, 4) is 17.6 Å². The summed E-state index contributed by atoms with van der Waals surface area (Å²) in [6.45, 7) is 0. The molecule has 0 saturated carbocycles. The zero-order valence-electron chi connectivity index (χ0n) is 11.5. The lowest BCUT2D eigenvalue weighted by Crippen LogP contribution is -2.08. The van der Waals surface area contributed by atoms with Crippen molar-refractivity contribution in [3.05, 3.63) is 54.1 Å². The Morgan fingerprint density at radius 1 is 1.00 bits per heavy atom. The Kier molecular flexibility index (Phi) is 4.46. The highest BCUT2D eigenvalue weighted by Gasteiger charge is 2.13. The van der Waals surface area contributed by atoms with E-state index in [1.807, 2.05) is 42.5 Å². The fourth-order valence-corrected chi connectivity index (χ4v) is 1.89. The molecule has 1 N–H and O–H groups in total. The number of nitrogens with one attached hydrogen (secondary N) is 1. The van der Waals surface area contributed by atoms with Crippen LogP contribution in [0.15, 0.2) is 48.5 Å². The Hall–Kier alpha value is -2.67. The van der Waals surface area contributed by atoms with Crippen molar-refractivity contribution >= 4 is 5.69 Å². The monoisotopic (exact) mass is 268 g/mol.